The number of benzene rings is 1. The maximum Gasteiger partial charge on any atom is 0.307 e. The number of likely N-dealkylation sites (tertiary alicyclic amines) is 1. The van der Waals surface area contributed by atoms with Crippen LogP contribution in [-0.2, 0) is 19.1 Å². The highest BCUT2D eigenvalue weighted by atomic mass is 32.2. The first-order valence-corrected chi connectivity index (χ1v) is 11.6. The van der Waals surface area contributed by atoms with Gasteiger partial charge in [-0.2, -0.15) is 0 Å². The van der Waals surface area contributed by atoms with Crippen LogP contribution in [0.1, 0.15) is 38.2 Å². The molecule has 0 aliphatic carbocycles. The van der Waals surface area contributed by atoms with Crippen molar-refractivity contribution in [3.05, 3.63) is 34.7 Å². The Morgan fingerprint density at radius 3 is 2.55 bits per heavy atom. The maximum atomic E-state index is 12.6. The molecule has 0 spiro atoms. The number of hydrogen-bond acceptors (Lipinski definition) is 7. The minimum atomic E-state index is -0.352. The number of ether oxygens (including phenoxy) is 2. The molecule has 0 aromatic heterocycles. The Morgan fingerprint density at radius 1 is 1.16 bits per heavy atom. The molecular formula is C22H26N2O5S2. The second-order valence-electron chi connectivity index (χ2n) is 7.19. The summed E-state index contributed by atoms with van der Waals surface area (Å²) in [7, 11) is 0. The lowest BCUT2D eigenvalue weighted by Gasteiger charge is -2.26. The Balaban J connectivity index is 1.53. The molecule has 0 N–H and O–H groups in total. The Labute approximate surface area is 191 Å². The third-order valence-corrected chi connectivity index (χ3v) is 6.35. The Bertz CT molecular complexity index is 863. The zero-order valence-corrected chi connectivity index (χ0v) is 19.1. The van der Waals surface area contributed by atoms with Gasteiger partial charge in [-0.3, -0.25) is 19.3 Å². The summed E-state index contributed by atoms with van der Waals surface area (Å²) < 4.78 is 10.9. The smallest absolute Gasteiger partial charge is 0.307 e. The third-order valence-electron chi connectivity index (χ3n) is 4.97. The average Bonchev–Trinajstić information content (AvgIpc) is 3.04. The van der Waals surface area contributed by atoms with E-state index in [9.17, 15) is 14.4 Å². The first-order valence-electron chi connectivity index (χ1n) is 10.4. The first-order chi connectivity index (χ1) is 15.0. The van der Waals surface area contributed by atoms with Gasteiger partial charge in [0.1, 0.15) is 10.1 Å². The van der Waals surface area contributed by atoms with Crippen molar-refractivity contribution in [2.24, 2.45) is 0 Å². The molecule has 2 saturated heterocycles. The largest absolute Gasteiger partial charge is 0.484 e. The SMILES string of the molecule is CCOC(=O)CCN1C(=O)/C(=C\c2ccc(OCC(=O)N3CCCCC3)cc2)SC1=S. The van der Waals surface area contributed by atoms with Crippen molar-refractivity contribution in [3.8, 4) is 5.75 Å². The number of rotatable bonds is 8. The molecular weight excluding hydrogens is 436 g/mol. The standard InChI is InChI=1S/C22H26N2O5S2/c1-2-28-20(26)10-13-24-21(27)18(31-22(24)30)14-16-6-8-17(9-7-16)29-15-19(25)23-11-4-3-5-12-23/h6-9,14H,2-5,10-13,15H2,1H3/b18-14+. The normalized spacial score (nSPS) is 17.9. The number of thioether (sulfide) groups is 1. The molecule has 1 aromatic rings. The summed E-state index contributed by atoms with van der Waals surface area (Å²) in [4.78, 5) is 40.1. The summed E-state index contributed by atoms with van der Waals surface area (Å²) in [6.07, 6.45) is 5.14. The lowest BCUT2D eigenvalue weighted by Crippen LogP contribution is -2.38. The van der Waals surface area contributed by atoms with E-state index in [4.69, 9.17) is 21.7 Å². The minimum Gasteiger partial charge on any atom is -0.484 e. The zero-order chi connectivity index (χ0) is 22.2. The molecule has 2 aliphatic heterocycles. The van der Waals surface area contributed by atoms with Gasteiger partial charge in [-0.05, 0) is 50.0 Å². The lowest BCUT2D eigenvalue weighted by atomic mass is 10.1. The number of carbonyl (C=O) groups is 3. The fourth-order valence-electron chi connectivity index (χ4n) is 3.32. The van der Waals surface area contributed by atoms with Crippen LogP contribution in [-0.4, -0.2) is 64.8 Å². The topological polar surface area (TPSA) is 76.1 Å². The van der Waals surface area contributed by atoms with Crippen LogP contribution in [0, 0.1) is 0 Å². The van der Waals surface area contributed by atoms with Crippen LogP contribution in [0.5, 0.6) is 5.75 Å². The fourth-order valence-corrected chi connectivity index (χ4v) is 4.63. The highest BCUT2D eigenvalue weighted by molar-refractivity contribution is 8.26. The second-order valence-corrected chi connectivity index (χ2v) is 8.86. The molecule has 7 nitrogen and oxygen atoms in total. The average molecular weight is 463 g/mol. The Hall–Kier alpha value is -2.39. The molecule has 2 aliphatic rings. The summed E-state index contributed by atoms with van der Waals surface area (Å²) >= 11 is 6.49. The highest BCUT2D eigenvalue weighted by Gasteiger charge is 2.32. The van der Waals surface area contributed by atoms with Crippen molar-refractivity contribution in [2.45, 2.75) is 32.6 Å². The number of thiocarbonyl (C=S) groups is 1. The number of carbonyl (C=O) groups excluding carboxylic acids is 3. The van der Waals surface area contributed by atoms with E-state index in [0.29, 0.717) is 21.6 Å². The predicted molar refractivity (Wildman–Crippen MR) is 123 cm³/mol. The van der Waals surface area contributed by atoms with Gasteiger partial charge in [0.25, 0.3) is 11.8 Å². The molecule has 2 heterocycles. The van der Waals surface area contributed by atoms with Gasteiger partial charge in [0.2, 0.25) is 0 Å². The molecule has 2 fully saturated rings. The highest BCUT2D eigenvalue weighted by Crippen LogP contribution is 2.32. The van der Waals surface area contributed by atoms with E-state index in [0.717, 1.165) is 31.5 Å². The summed E-state index contributed by atoms with van der Waals surface area (Å²) in [5, 5.41) is 0. The molecule has 0 saturated carbocycles. The van der Waals surface area contributed by atoms with Gasteiger partial charge in [-0.1, -0.05) is 36.1 Å². The van der Waals surface area contributed by atoms with Gasteiger partial charge >= 0.3 is 5.97 Å². The van der Waals surface area contributed by atoms with Crippen LogP contribution in [0.3, 0.4) is 0 Å². The van der Waals surface area contributed by atoms with Crippen molar-refractivity contribution in [1.82, 2.24) is 9.80 Å². The van der Waals surface area contributed by atoms with Crippen LogP contribution in [0.15, 0.2) is 29.2 Å². The monoisotopic (exact) mass is 462 g/mol. The number of amides is 2. The fraction of sp³-hybridized carbons (Fsp3) is 0.455. The molecule has 3 rings (SSSR count). The van der Waals surface area contributed by atoms with E-state index in [1.165, 1.54) is 23.1 Å². The Morgan fingerprint density at radius 2 is 1.87 bits per heavy atom. The van der Waals surface area contributed by atoms with Crippen LogP contribution in [0.25, 0.3) is 6.08 Å². The second kappa shape index (κ2) is 11.3. The Kier molecular flexibility index (Phi) is 8.48. The van der Waals surface area contributed by atoms with Gasteiger partial charge in [0, 0.05) is 19.6 Å². The number of esters is 1. The number of nitrogens with zero attached hydrogens (tertiary/aromatic N) is 2. The molecule has 1 aromatic carbocycles. The summed E-state index contributed by atoms with van der Waals surface area (Å²) in [5.74, 6) is 0.0430. The van der Waals surface area contributed by atoms with Gasteiger partial charge < -0.3 is 14.4 Å². The van der Waals surface area contributed by atoms with E-state index in [1.54, 1.807) is 25.1 Å². The van der Waals surface area contributed by atoms with Gasteiger partial charge in [0.05, 0.1) is 17.9 Å². The molecule has 0 radical (unpaired) electrons. The number of piperidine rings is 1. The van der Waals surface area contributed by atoms with E-state index in [-0.39, 0.29) is 37.4 Å². The third kappa shape index (κ3) is 6.54. The molecule has 0 unspecified atom stereocenters. The van der Waals surface area contributed by atoms with E-state index >= 15 is 0 Å². The van der Waals surface area contributed by atoms with E-state index in [2.05, 4.69) is 0 Å². The first kappa shape index (κ1) is 23.3. The van der Waals surface area contributed by atoms with E-state index < -0.39 is 0 Å². The van der Waals surface area contributed by atoms with Gasteiger partial charge in [-0.25, -0.2) is 0 Å². The van der Waals surface area contributed by atoms with Crippen molar-refractivity contribution >= 4 is 52.2 Å². The van der Waals surface area contributed by atoms with Crippen molar-refractivity contribution in [2.75, 3.05) is 32.8 Å². The summed E-state index contributed by atoms with van der Waals surface area (Å²) in [6, 6.07) is 7.20. The van der Waals surface area contributed by atoms with Crippen LogP contribution in [0.4, 0.5) is 0 Å². The van der Waals surface area contributed by atoms with Crippen molar-refractivity contribution < 1.29 is 23.9 Å². The van der Waals surface area contributed by atoms with Crippen LogP contribution >= 0.6 is 24.0 Å². The predicted octanol–water partition coefficient (Wildman–Crippen LogP) is 3.23. The zero-order valence-electron chi connectivity index (χ0n) is 17.5. The van der Waals surface area contributed by atoms with Crippen LogP contribution < -0.4 is 4.74 Å². The molecule has 0 atom stereocenters. The summed E-state index contributed by atoms with van der Waals surface area (Å²) in [5.41, 5.74) is 0.820. The molecule has 2 amide bonds. The lowest BCUT2D eigenvalue weighted by molar-refractivity contribution is -0.143. The quantitative estimate of drug-likeness (QED) is 0.333. The van der Waals surface area contributed by atoms with E-state index in [1.807, 2.05) is 17.0 Å². The van der Waals surface area contributed by atoms with Gasteiger partial charge in [0.15, 0.2) is 6.61 Å². The molecule has 31 heavy (non-hydrogen) atoms. The molecule has 9 heteroatoms. The number of hydrogen-bond donors (Lipinski definition) is 0. The maximum absolute atomic E-state index is 12.6. The minimum absolute atomic E-state index is 0.00951. The summed E-state index contributed by atoms with van der Waals surface area (Å²) in [6.45, 7) is 3.89. The van der Waals surface area contributed by atoms with Crippen molar-refractivity contribution in [3.63, 3.8) is 0 Å². The van der Waals surface area contributed by atoms with Gasteiger partial charge in [-0.15, -0.1) is 0 Å². The van der Waals surface area contributed by atoms with Crippen LogP contribution in [0.2, 0.25) is 0 Å². The van der Waals surface area contributed by atoms with Crippen molar-refractivity contribution in [1.29, 1.82) is 0 Å². The molecule has 0 bridgehead atoms. The molecule has 166 valence electrons.